The Morgan fingerprint density at radius 1 is 1.53 bits per heavy atom. The predicted molar refractivity (Wildman–Crippen MR) is 50.8 cm³/mol. The smallest absolute Gasteiger partial charge is 0.495 e. The molecule has 0 radical (unpaired) electrons. The van der Waals surface area contributed by atoms with Gasteiger partial charge in [0.05, 0.1) is 7.11 Å². The first-order valence-corrected chi connectivity index (χ1v) is 4.39. The average Bonchev–Trinajstić information content (AvgIpc) is 2.26. The molecule has 0 fully saturated rings. The van der Waals surface area contributed by atoms with Crippen molar-refractivity contribution in [3.8, 4) is 11.6 Å². The Bertz CT molecular complexity index is 421. The Hall–Kier alpha value is -1.83. The van der Waals surface area contributed by atoms with E-state index in [0.29, 0.717) is 5.56 Å². The van der Waals surface area contributed by atoms with Gasteiger partial charge >= 0.3 is 6.36 Å². The molecule has 0 saturated heterocycles. The molecule has 0 aliphatic carbocycles. The van der Waals surface area contributed by atoms with Crippen LogP contribution in [0.5, 0.6) is 11.6 Å². The molecule has 8 heteroatoms. The zero-order chi connectivity index (χ0) is 13.1. The van der Waals surface area contributed by atoms with Crippen LogP contribution in [0.3, 0.4) is 0 Å². The molecule has 17 heavy (non-hydrogen) atoms. The summed E-state index contributed by atoms with van der Waals surface area (Å²) in [5.74, 6) is -0.932. The van der Waals surface area contributed by atoms with E-state index in [1.165, 1.54) is 7.11 Å². The standard InChI is InChI=1S/C9H9F3N2O3/c1-16-7-5(2-13)3-14-8(6(7)4-15)17-9(10,11)12/h3-4H,2,13H2,1H3. The summed E-state index contributed by atoms with van der Waals surface area (Å²) in [6.07, 6.45) is -3.70. The lowest BCUT2D eigenvalue weighted by molar-refractivity contribution is -0.276. The minimum absolute atomic E-state index is 0.0245. The Morgan fingerprint density at radius 2 is 2.18 bits per heavy atom. The summed E-state index contributed by atoms with van der Waals surface area (Å²) < 4.78 is 44.5. The summed E-state index contributed by atoms with van der Waals surface area (Å²) >= 11 is 0. The molecule has 0 aliphatic rings. The highest BCUT2D eigenvalue weighted by atomic mass is 19.4. The zero-order valence-corrected chi connectivity index (χ0v) is 8.75. The molecule has 0 saturated carbocycles. The van der Waals surface area contributed by atoms with Crippen molar-refractivity contribution in [2.45, 2.75) is 12.9 Å². The number of hydrogen-bond acceptors (Lipinski definition) is 5. The van der Waals surface area contributed by atoms with Gasteiger partial charge in [0.15, 0.2) is 6.29 Å². The highest BCUT2D eigenvalue weighted by Crippen LogP contribution is 2.31. The molecule has 0 aliphatic heterocycles. The number of methoxy groups -OCH3 is 1. The Labute approximate surface area is 94.3 Å². The second-order valence-electron chi connectivity index (χ2n) is 2.91. The summed E-state index contributed by atoms with van der Waals surface area (Å²) in [5, 5.41) is 0. The van der Waals surface area contributed by atoms with E-state index in [4.69, 9.17) is 10.5 Å². The van der Waals surface area contributed by atoms with Gasteiger partial charge in [0.1, 0.15) is 11.3 Å². The van der Waals surface area contributed by atoms with E-state index in [0.717, 1.165) is 6.20 Å². The van der Waals surface area contributed by atoms with Crippen molar-refractivity contribution in [1.82, 2.24) is 4.98 Å². The number of carbonyl (C=O) groups is 1. The summed E-state index contributed by atoms with van der Waals surface area (Å²) in [5.41, 5.74) is 5.21. The van der Waals surface area contributed by atoms with Crippen molar-refractivity contribution in [1.29, 1.82) is 0 Å². The molecule has 94 valence electrons. The van der Waals surface area contributed by atoms with Crippen LogP contribution in [-0.2, 0) is 6.54 Å². The monoisotopic (exact) mass is 250 g/mol. The van der Waals surface area contributed by atoms with Gasteiger partial charge in [-0.25, -0.2) is 4.98 Å². The van der Waals surface area contributed by atoms with Gasteiger partial charge in [-0.05, 0) is 0 Å². The lowest BCUT2D eigenvalue weighted by Crippen LogP contribution is -2.19. The van der Waals surface area contributed by atoms with Crippen molar-refractivity contribution in [2.24, 2.45) is 5.73 Å². The molecule has 0 amide bonds. The number of halogens is 3. The van der Waals surface area contributed by atoms with Gasteiger partial charge in [-0.3, -0.25) is 4.79 Å². The quantitative estimate of drug-likeness (QED) is 0.814. The van der Waals surface area contributed by atoms with Crippen LogP contribution in [0.25, 0.3) is 0 Å². The normalized spacial score (nSPS) is 11.1. The Balaban J connectivity index is 3.28. The van der Waals surface area contributed by atoms with Gasteiger partial charge in [-0.1, -0.05) is 0 Å². The molecule has 1 heterocycles. The SMILES string of the molecule is COc1c(CN)cnc(OC(F)(F)F)c1C=O. The molecule has 0 atom stereocenters. The van der Waals surface area contributed by atoms with Gasteiger partial charge < -0.3 is 15.2 Å². The minimum Gasteiger partial charge on any atom is -0.495 e. The molecule has 0 aromatic carbocycles. The van der Waals surface area contributed by atoms with Gasteiger partial charge in [0.25, 0.3) is 0 Å². The number of ether oxygens (including phenoxy) is 2. The second-order valence-corrected chi connectivity index (χ2v) is 2.91. The van der Waals surface area contributed by atoms with E-state index < -0.39 is 17.8 Å². The van der Waals surface area contributed by atoms with Crippen LogP contribution in [0.15, 0.2) is 6.20 Å². The number of hydrogen-bond donors (Lipinski definition) is 1. The molecule has 0 bridgehead atoms. The maximum absolute atomic E-state index is 12.0. The number of aldehydes is 1. The topological polar surface area (TPSA) is 74.4 Å². The average molecular weight is 250 g/mol. The summed E-state index contributed by atoms with van der Waals surface area (Å²) in [7, 11) is 1.21. The highest BCUT2D eigenvalue weighted by Gasteiger charge is 2.34. The van der Waals surface area contributed by atoms with Gasteiger partial charge in [-0.2, -0.15) is 0 Å². The molecular formula is C9H9F3N2O3. The lowest BCUT2D eigenvalue weighted by atomic mass is 10.2. The van der Waals surface area contributed by atoms with Gasteiger partial charge in [0, 0.05) is 18.3 Å². The highest BCUT2D eigenvalue weighted by molar-refractivity contribution is 5.83. The Kier molecular flexibility index (Phi) is 3.89. The Morgan fingerprint density at radius 3 is 2.59 bits per heavy atom. The van der Waals surface area contributed by atoms with Crippen molar-refractivity contribution in [2.75, 3.05) is 7.11 Å². The molecular weight excluding hydrogens is 241 g/mol. The van der Waals surface area contributed by atoms with Crippen molar-refractivity contribution in [3.63, 3.8) is 0 Å². The molecule has 5 nitrogen and oxygen atoms in total. The van der Waals surface area contributed by atoms with E-state index >= 15 is 0 Å². The fraction of sp³-hybridized carbons (Fsp3) is 0.333. The van der Waals surface area contributed by atoms with E-state index in [1.807, 2.05) is 0 Å². The molecule has 0 unspecified atom stereocenters. The number of carbonyl (C=O) groups excluding carboxylic acids is 1. The number of nitrogens with zero attached hydrogens (tertiary/aromatic N) is 1. The first-order chi connectivity index (χ1) is 7.92. The number of aromatic nitrogens is 1. The van der Waals surface area contributed by atoms with Gasteiger partial charge in [0.2, 0.25) is 5.88 Å². The minimum atomic E-state index is -4.93. The largest absolute Gasteiger partial charge is 0.574 e. The van der Waals surface area contributed by atoms with Gasteiger partial charge in [-0.15, -0.1) is 13.2 Å². The van der Waals surface area contributed by atoms with E-state index in [9.17, 15) is 18.0 Å². The predicted octanol–water partition coefficient (Wildman–Crippen LogP) is 1.26. The zero-order valence-electron chi connectivity index (χ0n) is 8.75. The van der Waals surface area contributed by atoms with Crippen LogP contribution in [0, 0.1) is 0 Å². The number of nitrogens with two attached hydrogens (primary N) is 1. The molecule has 1 rings (SSSR count). The maximum atomic E-state index is 12.0. The summed E-state index contributed by atoms with van der Waals surface area (Å²) in [6.45, 7) is -0.0245. The fourth-order valence-electron chi connectivity index (χ4n) is 1.22. The third-order valence-corrected chi connectivity index (χ3v) is 1.86. The molecule has 1 aromatic heterocycles. The van der Waals surface area contributed by atoms with Crippen LogP contribution < -0.4 is 15.2 Å². The number of rotatable bonds is 4. The van der Waals surface area contributed by atoms with E-state index in [2.05, 4.69) is 9.72 Å². The lowest BCUT2D eigenvalue weighted by Gasteiger charge is -2.14. The van der Waals surface area contributed by atoms with Crippen LogP contribution in [-0.4, -0.2) is 24.7 Å². The fourth-order valence-corrected chi connectivity index (χ4v) is 1.22. The summed E-state index contributed by atoms with van der Waals surface area (Å²) in [4.78, 5) is 14.1. The number of alkyl halides is 3. The third-order valence-electron chi connectivity index (χ3n) is 1.86. The van der Waals surface area contributed by atoms with Crippen molar-refractivity contribution < 1.29 is 27.4 Å². The van der Waals surface area contributed by atoms with Crippen LogP contribution in [0.2, 0.25) is 0 Å². The molecule has 1 aromatic rings. The van der Waals surface area contributed by atoms with Crippen LogP contribution in [0.4, 0.5) is 13.2 Å². The van der Waals surface area contributed by atoms with Crippen molar-refractivity contribution >= 4 is 6.29 Å². The first kappa shape index (κ1) is 13.2. The van der Waals surface area contributed by atoms with Crippen LogP contribution >= 0.6 is 0 Å². The summed E-state index contributed by atoms with van der Waals surface area (Å²) in [6, 6.07) is 0. The number of pyridine rings is 1. The first-order valence-electron chi connectivity index (χ1n) is 4.39. The second kappa shape index (κ2) is 5.00. The van der Waals surface area contributed by atoms with E-state index in [-0.39, 0.29) is 18.6 Å². The maximum Gasteiger partial charge on any atom is 0.574 e. The third kappa shape index (κ3) is 3.06. The van der Waals surface area contributed by atoms with E-state index in [1.54, 1.807) is 0 Å². The molecule has 2 N–H and O–H groups in total. The van der Waals surface area contributed by atoms with Crippen molar-refractivity contribution in [3.05, 3.63) is 17.3 Å². The molecule has 0 spiro atoms. The van der Waals surface area contributed by atoms with Crippen LogP contribution in [0.1, 0.15) is 15.9 Å².